The lowest BCUT2D eigenvalue weighted by Crippen LogP contribution is -2.38. The number of thiazole rings is 1. The minimum atomic E-state index is 0.00750. The van der Waals surface area contributed by atoms with E-state index < -0.39 is 0 Å². The van der Waals surface area contributed by atoms with E-state index in [1.54, 1.807) is 11.1 Å². The molecule has 0 aromatic carbocycles. The second-order valence-corrected chi connectivity index (χ2v) is 4.81. The normalized spacial score (nSPS) is 16.9. The van der Waals surface area contributed by atoms with E-state index in [0.29, 0.717) is 30.8 Å². The number of ketones is 1. The molecular formula is C10H12N2O2S. The molecule has 0 saturated carbocycles. The van der Waals surface area contributed by atoms with Crippen molar-refractivity contribution in [1.29, 1.82) is 0 Å². The lowest BCUT2D eigenvalue weighted by Gasteiger charge is -2.25. The summed E-state index contributed by atoms with van der Waals surface area (Å²) in [6.07, 6.45) is 2.59. The quantitative estimate of drug-likeness (QED) is 0.721. The van der Waals surface area contributed by atoms with Crippen LogP contribution in [0.25, 0.3) is 0 Å². The molecule has 1 fully saturated rings. The number of carbonyl (C=O) groups excluding carboxylic acids is 2. The molecule has 80 valence electrons. The Labute approximate surface area is 91.9 Å². The van der Waals surface area contributed by atoms with Gasteiger partial charge < -0.3 is 4.90 Å². The van der Waals surface area contributed by atoms with Crippen molar-refractivity contribution in [3.05, 3.63) is 16.1 Å². The maximum atomic E-state index is 11.9. The Morgan fingerprint density at radius 3 is 2.67 bits per heavy atom. The monoisotopic (exact) mass is 224 g/mol. The summed E-state index contributed by atoms with van der Waals surface area (Å²) in [5.41, 5.74) is 0. The Morgan fingerprint density at radius 1 is 1.47 bits per heavy atom. The van der Waals surface area contributed by atoms with Crippen molar-refractivity contribution in [2.45, 2.75) is 19.8 Å². The van der Waals surface area contributed by atoms with Gasteiger partial charge in [-0.2, -0.15) is 0 Å². The molecule has 0 bridgehead atoms. The van der Waals surface area contributed by atoms with Crippen molar-refractivity contribution in [3.8, 4) is 0 Å². The molecule has 0 aliphatic carbocycles. The SMILES string of the molecule is Cc1ncc(C(=O)N2CCC(=O)CC2)s1. The van der Waals surface area contributed by atoms with Gasteiger partial charge in [0, 0.05) is 25.9 Å². The average molecular weight is 224 g/mol. The summed E-state index contributed by atoms with van der Waals surface area (Å²) >= 11 is 1.40. The number of amides is 1. The van der Waals surface area contributed by atoms with Crippen LogP contribution in [0.1, 0.15) is 27.5 Å². The van der Waals surface area contributed by atoms with E-state index >= 15 is 0 Å². The predicted molar refractivity (Wildman–Crippen MR) is 57.0 cm³/mol. The van der Waals surface area contributed by atoms with Crippen LogP contribution in [0.15, 0.2) is 6.20 Å². The van der Waals surface area contributed by atoms with Crippen molar-refractivity contribution in [2.24, 2.45) is 0 Å². The minimum absolute atomic E-state index is 0.00750. The Kier molecular flexibility index (Phi) is 2.81. The van der Waals surface area contributed by atoms with Gasteiger partial charge in [0.15, 0.2) is 0 Å². The first kappa shape index (κ1) is 10.3. The van der Waals surface area contributed by atoms with Gasteiger partial charge in [-0.3, -0.25) is 9.59 Å². The van der Waals surface area contributed by atoms with Crippen molar-refractivity contribution < 1.29 is 9.59 Å². The molecule has 5 heteroatoms. The van der Waals surface area contributed by atoms with Gasteiger partial charge >= 0.3 is 0 Å². The Balaban J connectivity index is 2.05. The number of Topliss-reactive ketones (excluding diaryl/α,β-unsaturated/α-hetero) is 1. The third-order valence-corrected chi connectivity index (χ3v) is 3.34. The molecule has 0 N–H and O–H groups in total. The van der Waals surface area contributed by atoms with Crippen LogP contribution in [0.5, 0.6) is 0 Å². The summed E-state index contributed by atoms with van der Waals surface area (Å²) in [6, 6.07) is 0. The van der Waals surface area contributed by atoms with Gasteiger partial charge in [0.05, 0.1) is 11.2 Å². The molecule has 0 spiro atoms. The van der Waals surface area contributed by atoms with E-state index in [4.69, 9.17) is 0 Å². The van der Waals surface area contributed by atoms with Crippen LogP contribution in [0.3, 0.4) is 0 Å². The first-order chi connectivity index (χ1) is 7.16. The van der Waals surface area contributed by atoms with E-state index in [2.05, 4.69) is 4.98 Å². The van der Waals surface area contributed by atoms with Gasteiger partial charge in [-0.1, -0.05) is 0 Å². The van der Waals surface area contributed by atoms with Gasteiger partial charge in [0.25, 0.3) is 5.91 Å². The average Bonchev–Trinajstić information content (AvgIpc) is 2.65. The minimum Gasteiger partial charge on any atom is -0.337 e. The second kappa shape index (κ2) is 4.10. The Hall–Kier alpha value is -1.23. The van der Waals surface area contributed by atoms with Crippen LogP contribution in [0.4, 0.5) is 0 Å². The van der Waals surface area contributed by atoms with Gasteiger partial charge in [-0.05, 0) is 6.92 Å². The van der Waals surface area contributed by atoms with Gasteiger partial charge in [-0.25, -0.2) is 4.98 Å². The maximum Gasteiger partial charge on any atom is 0.265 e. The molecule has 2 rings (SSSR count). The molecular weight excluding hydrogens is 212 g/mol. The Bertz CT molecular complexity index is 390. The van der Waals surface area contributed by atoms with E-state index in [1.807, 2.05) is 6.92 Å². The largest absolute Gasteiger partial charge is 0.337 e. The summed E-state index contributed by atoms with van der Waals surface area (Å²) in [7, 11) is 0. The number of piperidine rings is 1. The number of aromatic nitrogens is 1. The zero-order chi connectivity index (χ0) is 10.8. The number of rotatable bonds is 1. The smallest absolute Gasteiger partial charge is 0.265 e. The zero-order valence-electron chi connectivity index (χ0n) is 8.52. The molecule has 1 aromatic heterocycles. The fraction of sp³-hybridized carbons (Fsp3) is 0.500. The molecule has 4 nitrogen and oxygen atoms in total. The fourth-order valence-corrected chi connectivity index (χ4v) is 2.32. The first-order valence-corrected chi connectivity index (χ1v) is 5.72. The molecule has 1 aliphatic rings. The number of likely N-dealkylation sites (tertiary alicyclic amines) is 1. The summed E-state index contributed by atoms with van der Waals surface area (Å²) in [4.78, 5) is 29.4. The highest BCUT2D eigenvalue weighted by Crippen LogP contribution is 2.16. The molecule has 2 heterocycles. The molecule has 1 aliphatic heterocycles. The summed E-state index contributed by atoms with van der Waals surface area (Å²) in [5.74, 6) is 0.257. The van der Waals surface area contributed by atoms with Crippen LogP contribution < -0.4 is 0 Å². The fourth-order valence-electron chi connectivity index (χ4n) is 1.58. The van der Waals surface area contributed by atoms with E-state index in [0.717, 1.165) is 5.01 Å². The van der Waals surface area contributed by atoms with Crippen LogP contribution >= 0.6 is 11.3 Å². The number of hydrogen-bond donors (Lipinski definition) is 0. The van der Waals surface area contributed by atoms with Crippen molar-refractivity contribution >= 4 is 23.0 Å². The lowest BCUT2D eigenvalue weighted by molar-refractivity contribution is -0.120. The molecule has 1 aromatic rings. The van der Waals surface area contributed by atoms with E-state index in [9.17, 15) is 9.59 Å². The number of carbonyl (C=O) groups is 2. The number of aryl methyl sites for hydroxylation is 1. The van der Waals surface area contributed by atoms with Crippen LogP contribution in [0.2, 0.25) is 0 Å². The number of nitrogens with zero attached hydrogens (tertiary/aromatic N) is 2. The van der Waals surface area contributed by atoms with Crippen molar-refractivity contribution in [1.82, 2.24) is 9.88 Å². The van der Waals surface area contributed by atoms with Gasteiger partial charge in [0.2, 0.25) is 0 Å². The van der Waals surface area contributed by atoms with Crippen molar-refractivity contribution in [2.75, 3.05) is 13.1 Å². The molecule has 1 amide bonds. The van der Waals surface area contributed by atoms with E-state index in [1.165, 1.54) is 11.3 Å². The summed E-state index contributed by atoms with van der Waals surface area (Å²) < 4.78 is 0. The third kappa shape index (κ3) is 2.23. The zero-order valence-corrected chi connectivity index (χ0v) is 9.34. The van der Waals surface area contributed by atoms with E-state index in [-0.39, 0.29) is 11.7 Å². The van der Waals surface area contributed by atoms with Gasteiger partial charge in [-0.15, -0.1) is 11.3 Å². The molecule has 0 unspecified atom stereocenters. The lowest BCUT2D eigenvalue weighted by atomic mass is 10.1. The topological polar surface area (TPSA) is 50.3 Å². The molecule has 15 heavy (non-hydrogen) atoms. The summed E-state index contributed by atoms with van der Waals surface area (Å²) in [6.45, 7) is 2.98. The van der Waals surface area contributed by atoms with Crippen LogP contribution in [-0.2, 0) is 4.79 Å². The molecule has 0 radical (unpaired) electrons. The van der Waals surface area contributed by atoms with Crippen LogP contribution in [0, 0.1) is 6.92 Å². The highest BCUT2D eigenvalue weighted by atomic mass is 32.1. The van der Waals surface area contributed by atoms with Crippen molar-refractivity contribution in [3.63, 3.8) is 0 Å². The third-order valence-electron chi connectivity index (χ3n) is 2.44. The predicted octanol–water partition coefficient (Wildman–Crippen LogP) is 1.26. The van der Waals surface area contributed by atoms with Crippen LogP contribution in [-0.4, -0.2) is 34.7 Å². The van der Waals surface area contributed by atoms with Gasteiger partial charge in [0.1, 0.15) is 10.7 Å². The first-order valence-electron chi connectivity index (χ1n) is 4.90. The standard InChI is InChI=1S/C10H12N2O2S/c1-7-11-6-9(15-7)10(14)12-4-2-8(13)3-5-12/h6H,2-5H2,1H3. The highest BCUT2D eigenvalue weighted by molar-refractivity contribution is 7.13. The Morgan fingerprint density at radius 2 is 2.13 bits per heavy atom. The number of hydrogen-bond acceptors (Lipinski definition) is 4. The molecule has 1 saturated heterocycles. The summed E-state index contributed by atoms with van der Waals surface area (Å²) in [5, 5.41) is 0.895. The second-order valence-electron chi connectivity index (χ2n) is 3.57. The highest BCUT2D eigenvalue weighted by Gasteiger charge is 2.22. The molecule has 0 atom stereocenters. The maximum absolute atomic E-state index is 11.9.